The van der Waals surface area contributed by atoms with Gasteiger partial charge in [-0.2, -0.15) is 5.10 Å². The lowest BCUT2D eigenvalue weighted by Crippen LogP contribution is -2.44. The third-order valence-corrected chi connectivity index (χ3v) is 4.08. The Bertz CT molecular complexity index is 397. The molecule has 1 saturated heterocycles. The number of aromatic nitrogens is 2. The maximum Gasteiger partial charge on any atom is 0.0538 e. The molecule has 0 aliphatic carbocycles. The zero-order valence-electron chi connectivity index (χ0n) is 12.6. The highest BCUT2D eigenvalue weighted by atomic mass is 15.3. The third-order valence-electron chi connectivity index (χ3n) is 4.08. The number of hydrogen-bond acceptors (Lipinski definition) is 3. The van der Waals surface area contributed by atoms with Crippen molar-refractivity contribution in [3.05, 3.63) is 18.0 Å². The average molecular weight is 264 g/mol. The van der Waals surface area contributed by atoms with Crippen molar-refractivity contribution in [2.75, 3.05) is 19.6 Å². The number of nitrogens with zero attached hydrogens (tertiary/aromatic N) is 3. The normalized spacial score (nSPS) is 21.5. The molecule has 0 aromatic carbocycles. The van der Waals surface area contributed by atoms with Crippen LogP contribution in [0.1, 0.15) is 51.6 Å². The third kappa shape index (κ3) is 3.57. The maximum atomic E-state index is 6.03. The minimum Gasteiger partial charge on any atom is -0.329 e. The number of piperidine rings is 1. The molecule has 1 atom stereocenters. The first-order valence-electron chi connectivity index (χ1n) is 7.52. The summed E-state index contributed by atoms with van der Waals surface area (Å²) >= 11 is 0. The van der Waals surface area contributed by atoms with Gasteiger partial charge >= 0.3 is 0 Å². The maximum absolute atomic E-state index is 6.03. The van der Waals surface area contributed by atoms with Gasteiger partial charge in [0.15, 0.2) is 0 Å². The summed E-state index contributed by atoms with van der Waals surface area (Å²) in [6.45, 7) is 10.8. The van der Waals surface area contributed by atoms with Crippen LogP contribution in [0.5, 0.6) is 0 Å². The SMILES string of the molecule is CCCn1cc(C(CN)N2CCCC(C)(C)C2)cn1. The van der Waals surface area contributed by atoms with E-state index in [1.807, 2.05) is 10.9 Å². The van der Waals surface area contributed by atoms with Gasteiger partial charge in [0.1, 0.15) is 0 Å². The minimum absolute atomic E-state index is 0.324. The minimum atomic E-state index is 0.324. The summed E-state index contributed by atoms with van der Waals surface area (Å²) in [4.78, 5) is 2.54. The van der Waals surface area contributed by atoms with E-state index in [4.69, 9.17) is 5.73 Å². The molecule has 0 radical (unpaired) electrons. The van der Waals surface area contributed by atoms with Crippen LogP contribution in [0, 0.1) is 5.41 Å². The molecule has 0 amide bonds. The first kappa shape index (κ1) is 14.5. The molecular formula is C15H28N4. The van der Waals surface area contributed by atoms with Crippen LogP contribution in [0.3, 0.4) is 0 Å². The van der Waals surface area contributed by atoms with E-state index < -0.39 is 0 Å². The van der Waals surface area contributed by atoms with Crippen LogP contribution in [0.25, 0.3) is 0 Å². The Morgan fingerprint density at radius 1 is 1.47 bits per heavy atom. The van der Waals surface area contributed by atoms with Gasteiger partial charge in [-0.05, 0) is 31.2 Å². The van der Waals surface area contributed by atoms with Gasteiger partial charge < -0.3 is 5.73 Å². The second-order valence-corrected chi connectivity index (χ2v) is 6.53. The Balaban J connectivity index is 2.09. The summed E-state index contributed by atoms with van der Waals surface area (Å²) in [5, 5.41) is 4.44. The molecule has 0 bridgehead atoms. The smallest absolute Gasteiger partial charge is 0.0538 e. The number of likely N-dealkylation sites (tertiary alicyclic amines) is 1. The van der Waals surface area contributed by atoms with Crippen molar-refractivity contribution >= 4 is 0 Å². The van der Waals surface area contributed by atoms with Crippen LogP contribution in [0.15, 0.2) is 12.4 Å². The van der Waals surface area contributed by atoms with Crippen molar-refractivity contribution in [3.8, 4) is 0 Å². The highest BCUT2D eigenvalue weighted by Crippen LogP contribution is 2.33. The molecule has 1 unspecified atom stereocenters. The van der Waals surface area contributed by atoms with Crippen LogP contribution in [-0.2, 0) is 6.54 Å². The van der Waals surface area contributed by atoms with Crippen molar-refractivity contribution in [2.24, 2.45) is 11.1 Å². The van der Waals surface area contributed by atoms with Crippen molar-refractivity contribution < 1.29 is 0 Å². The highest BCUT2D eigenvalue weighted by molar-refractivity contribution is 5.12. The monoisotopic (exact) mass is 264 g/mol. The molecule has 2 heterocycles. The fraction of sp³-hybridized carbons (Fsp3) is 0.800. The van der Waals surface area contributed by atoms with Crippen LogP contribution in [-0.4, -0.2) is 34.3 Å². The second kappa shape index (κ2) is 6.06. The van der Waals surface area contributed by atoms with Gasteiger partial charge in [-0.3, -0.25) is 9.58 Å². The largest absolute Gasteiger partial charge is 0.329 e. The molecule has 19 heavy (non-hydrogen) atoms. The van der Waals surface area contributed by atoms with Gasteiger partial charge in [0.05, 0.1) is 12.2 Å². The van der Waals surface area contributed by atoms with Gasteiger partial charge in [0.2, 0.25) is 0 Å². The van der Waals surface area contributed by atoms with Crippen LogP contribution < -0.4 is 5.73 Å². The van der Waals surface area contributed by atoms with E-state index in [9.17, 15) is 0 Å². The molecule has 1 aromatic rings. The molecule has 108 valence electrons. The van der Waals surface area contributed by atoms with Crippen molar-refractivity contribution in [2.45, 2.75) is 52.6 Å². The van der Waals surface area contributed by atoms with Crippen LogP contribution in [0.4, 0.5) is 0 Å². The number of rotatable bonds is 5. The van der Waals surface area contributed by atoms with Gasteiger partial charge in [-0.1, -0.05) is 20.8 Å². The Labute approximate surface area is 117 Å². The standard InChI is InChI=1S/C15H28N4/c1-4-7-19-11-13(10-17-19)14(9-16)18-8-5-6-15(2,3)12-18/h10-11,14H,4-9,12,16H2,1-3H3. The zero-order valence-corrected chi connectivity index (χ0v) is 12.6. The summed E-state index contributed by atoms with van der Waals surface area (Å²) in [6.07, 6.45) is 7.87. The molecule has 0 saturated carbocycles. The lowest BCUT2D eigenvalue weighted by atomic mass is 9.83. The van der Waals surface area contributed by atoms with E-state index in [1.54, 1.807) is 0 Å². The lowest BCUT2D eigenvalue weighted by Gasteiger charge is -2.41. The number of hydrogen-bond donors (Lipinski definition) is 1. The van der Waals surface area contributed by atoms with Crippen molar-refractivity contribution in [1.29, 1.82) is 0 Å². The first-order chi connectivity index (χ1) is 9.05. The molecule has 4 nitrogen and oxygen atoms in total. The molecule has 1 aliphatic heterocycles. The Morgan fingerprint density at radius 2 is 2.26 bits per heavy atom. The van der Waals surface area contributed by atoms with E-state index in [2.05, 4.69) is 37.0 Å². The molecule has 0 spiro atoms. The molecule has 2 N–H and O–H groups in total. The molecule has 2 rings (SSSR count). The van der Waals surface area contributed by atoms with Crippen LogP contribution in [0.2, 0.25) is 0 Å². The quantitative estimate of drug-likeness (QED) is 0.888. The highest BCUT2D eigenvalue weighted by Gasteiger charge is 2.31. The Morgan fingerprint density at radius 3 is 2.89 bits per heavy atom. The Kier molecular flexibility index (Phi) is 4.63. The summed E-state index contributed by atoms with van der Waals surface area (Å²) < 4.78 is 2.03. The summed E-state index contributed by atoms with van der Waals surface area (Å²) in [7, 11) is 0. The van der Waals surface area contributed by atoms with E-state index in [0.29, 0.717) is 18.0 Å². The summed E-state index contributed by atoms with van der Waals surface area (Å²) in [5.41, 5.74) is 7.71. The van der Waals surface area contributed by atoms with Crippen molar-refractivity contribution in [3.63, 3.8) is 0 Å². The first-order valence-corrected chi connectivity index (χ1v) is 7.52. The van der Waals surface area contributed by atoms with E-state index >= 15 is 0 Å². The molecule has 4 heteroatoms. The lowest BCUT2D eigenvalue weighted by molar-refractivity contribution is 0.0806. The van der Waals surface area contributed by atoms with E-state index in [-0.39, 0.29) is 0 Å². The van der Waals surface area contributed by atoms with Gasteiger partial charge in [-0.25, -0.2) is 0 Å². The fourth-order valence-corrected chi connectivity index (χ4v) is 3.13. The van der Waals surface area contributed by atoms with Crippen LogP contribution >= 0.6 is 0 Å². The number of aryl methyl sites for hydroxylation is 1. The fourth-order valence-electron chi connectivity index (χ4n) is 3.13. The number of nitrogens with two attached hydrogens (primary N) is 1. The predicted octanol–water partition coefficient (Wildman–Crippen LogP) is 2.41. The van der Waals surface area contributed by atoms with Gasteiger partial charge in [-0.15, -0.1) is 0 Å². The summed E-state index contributed by atoms with van der Waals surface area (Å²) in [6, 6.07) is 0.324. The Hall–Kier alpha value is -0.870. The van der Waals surface area contributed by atoms with E-state index in [0.717, 1.165) is 26.1 Å². The van der Waals surface area contributed by atoms with E-state index in [1.165, 1.54) is 18.4 Å². The summed E-state index contributed by atoms with van der Waals surface area (Å²) in [5.74, 6) is 0. The molecular weight excluding hydrogens is 236 g/mol. The zero-order chi connectivity index (χ0) is 13.9. The van der Waals surface area contributed by atoms with Gasteiger partial charge in [0.25, 0.3) is 0 Å². The predicted molar refractivity (Wildman–Crippen MR) is 78.9 cm³/mol. The average Bonchev–Trinajstić information content (AvgIpc) is 2.78. The molecule has 1 fully saturated rings. The molecule has 1 aromatic heterocycles. The second-order valence-electron chi connectivity index (χ2n) is 6.53. The van der Waals surface area contributed by atoms with Gasteiger partial charge in [0, 0.05) is 31.4 Å². The van der Waals surface area contributed by atoms with Crippen molar-refractivity contribution in [1.82, 2.24) is 14.7 Å². The molecule has 1 aliphatic rings. The topological polar surface area (TPSA) is 47.1 Å².